The number of hydrogen-bond donors (Lipinski definition) is 1. The summed E-state index contributed by atoms with van der Waals surface area (Å²) in [4.78, 5) is 2.66. The summed E-state index contributed by atoms with van der Waals surface area (Å²) in [5, 5.41) is 3.80. The molecule has 1 heterocycles. The highest BCUT2D eigenvalue weighted by Gasteiger charge is 2.37. The molecule has 2 heteroatoms. The van der Waals surface area contributed by atoms with Crippen LogP contribution in [-0.2, 0) is 6.54 Å². The smallest absolute Gasteiger partial charge is 0.0309 e. The van der Waals surface area contributed by atoms with Crippen molar-refractivity contribution >= 4 is 0 Å². The van der Waals surface area contributed by atoms with Crippen LogP contribution in [0.25, 0.3) is 0 Å². The molecule has 0 aromatic heterocycles. The van der Waals surface area contributed by atoms with Crippen LogP contribution in [0, 0.1) is 13.8 Å². The highest BCUT2D eigenvalue weighted by atomic mass is 15.2. The molecule has 1 aromatic carbocycles. The lowest BCUT2D eigenvalue weighted by Crippen LogP contribution is -2.58. The van der Waals surface area contributed by atoms with E-state index in [1.54, 1.807) is 0 Å². The van der Waals surface area contributed by atoms with Gasteiger partial charge in [0.1, 0.15) is 0 Å². The maximum Gasteiger partial charge on any atom is 0.0309 e. The zero-order valence-electron chi connectivity index (χ0n) is 12.3. The van der Waals surface area contributed by atoms with Crippen molar-refractivity contribution in [3.05, 3.63) is 34.9 Å². The lowest BCUT2D eigenvalue weighted by molar-refractivity contribution is 0.128. The van der Waals surface area contributed by atoms with E-state index in [0.29, 0.717) is 5.54 Å². The van der Waals surface area contributed by atoms with Crippen molar-refractivity contribution in [1.82, 2.24) is 10.2 Å². The maximum atomic E-state index is 3.80. The second-order valence-corrected chi connectivity index (χ2v) is 6.50. The topological polar surface area (TPSA) is 15.3 Å². The number of aryl methyl sites for hydroxylation is 2. The monoisotopic (exact) mass is 258 g/mol. The first kappa shape index (κ1) is 13.1. The van der Waals surface area contributed by atoms with Crippen LogP contribution < -0.4 is 5.32 Å². The zero-order valence-corrected chi connectivity index (χ0v) is 12.3. The molecule has 0 atom stereocenters. The predicted molar refractivity (Wildman–Crippen MR) is 80.4 cm³/mol. The van der Waals surface area contributed by atoms with Crippen molar-refractivity contribution < 1.29 is 0 Å². The third-order valence-corrected chi connectivity index (χ3v) is 5.04. The van der Waals surface area contributed by atoms with E-state index in [9.17, 15) is 0 Å². The molecule has 0 unspecified atom stereocenters. The van der Waals surface area contributed by atoms with Crippen LogP contribution >= 0.6 is 0 Å². The van der Waals surface area contributed by atoms with E-state index in [-0.39, 0.29) is 0 Å². The van der Waals surface area contributed by atoms with Gasteiger partial charge in [-0.2, -0.15) is 0 Å². The van der Waals surface area contributed by atoms with Crippen LogP contribution in [-0.4, -0.2) is 30.1 Å². The summed E-state index contributed by atoms with van der Waals surface area (Å²) < 4.78 is 0. The molecule has 0 bridgehead atoms. The van der Waals surface area contributed by atoms with Gasteiger partial charge in [-0.1, -0.05) is 31.0 Å². The largest absolute Gasteiger partial charge is 0.309 e. The molecule has 1 aliphatic heterocycles. The third-order valence-electron chi connectivity index (χ3n) is 5.04. The molecule has 2 aliphatic rings. The Kier molecular flexibility index (Phi) is 3.64. The van der Waals surface area contributed by atoms with Gasteiger partial charge in [-0.3, -0.25) is 4.90 Å². The lowest BCUT2D eigenvalue weighted by Gasteiger charge is -2.42. The SMILES string of the molecule is Cc1cccc(C)c1CN1CCNC2(CCCC2)C1. The summed E-state index contributed by atoms with van der Waals surface area (Å²) in [6, 6.07) is 6.66. The summed E-state index contributed by atoms with van der Waals surface area (Å²) >= 11 is 0. The van der Waals surface area contributed by atoms with Gasteiger partial charge in [-0.15, -0.1) is 0 Å². The molecule has 1 aliphatic carbocycles. The van der Waals surface area contributed by atoms with Gasteiger partial charge >= 0.3 is 0 Å². The molecule has 1 N–H and O–H groups in total. The molecular formula is C17H26N2. The van der Waals surface area contributed by atoms with Crippen LogP contribution in [0.15, 0.2) is 18.2 Å². The van der Waals surface area contributed by atoms with Gasteiger partial charge in [0.2, 0.25) is 0 Å². The van der Waals surface area contributed by atoms with E-state index in [2.05, 4.69) is 42.3 Å². The number of nitrogens with one attached hydrogen (secondary N) is 1. The molecule has 2 nitrogen and oxygen atoms in total. The zero-order chi connectivity index (χ0) is 13.3. The Balaban J connectivity index is 1.73. The van der Waals surface area contributed by atoms with Crippen LogP contribution in [0.4, 0.5) is 0 Å². The predicted octanol–water partition coefficient (Wildman–Crippen LogP) is 3.02. The van der Waals surface area contributed by atoms with Crippen molar-refractivity contribution in [2.75, 3.05) is 19.6 Å². The van der Waals surface area contributed by atoms with E-state index < -0.39 is 0 Å². The summed E-state index contributed by atoms with van der Waals surface area (Å²) in [5.74, 6) is 0. The van der Waals surface area contributed by atoms with Gasteiger partial charge in [-0.05, 0) is 43.4 Å². The Morgan fingerprint density at radius 2 is 1.84 bits per heavy atom. The minimum absolute atomic E-state index is 0.439. The number of nitrogens with zero attached hydrogens (tertiary/aromatic N) is 1. The first-order valence-corrected chi connectivity index (χ1v) is 7.71. The van der Waals surface area contributed by atoms with Gasteiger partial charge in [0.25, 0.3) is 0 Å². The van der Waals surface area contributed by atoms with E-state index in [4.69, 9.17) is 0 Å². The van der Waals surface area contributed by atoms with E-state index in [1.807, 2.05) is 0 Å². The molecule has 3 rings (SSSR count). The fourth-order valence-electron chi connectivity index (χ4n) is 3.89. The third kappa shape index (κ3) is 2.70. The van der Waals surface area contributed by atoms with Gasteiger partial charge in [0.15, 0.2) is 0 Å². The molecule has 19 heavy (non-hydrogen) atoms. The number of rotatable bonds is 2. The molecule has 0 amide bonds. The number of piperazine rings is 1. The minimum atomic E-state index is 0.439. The van der Waals surface area contributed by atoms with Gasteiger partial charge in [-0.25, -0.2) is 0 Å². The first-order valence-electron chi connectivity index (χ1n) is 7.71. The molecule has 1 spiro atoms. The van der Waals surface area contributed by atoms with Gasteiger partial charge < -0.3 is 5.32 Å². The second-order valence-electron chi connectivity index (χ2n) is 6.50. The van der Waals surface area contributed by atoms with Crippen molar-refractivity contribution in [3.8, 4) is 0 Å². The summed E-state index contributed by atoms with van der Waals surface area (Å²) in [6.07, 6.45) is 5.56. The lowest BCUT2D eigenvalue weighted by atomic mass is 9.93. The van der Waals surface area contributed by atoms with Crippen LogP contribution in [0.2, 0.25) is 0 Å². The Hall–Kier alpha value is -0.860. The van der Waals surface area contributed by atoms with E-state index in [1.165, 1.54) is 55.5 Å². The molecule has 2 fully saturated rings. The Morgan fingerprint density at radius 1 is 1.16 bits per heavy atom. The number of hydrogen-bond acceptors (Lipinski definition) is 2. The number of benzene rings is 1. The highest BCUT2D eigenvalue weighted by molar-refractivity contribution is 5.33. The summed E-state index contributed by atoms with van der Waals surface area (Å²) in [7, 11) is 0. The Morgan fingerprint density at radius 3 is 2.53 bits per heavy atom. The average molecular weight is 258 g/mol. The van der Waals surface area contributed by atoms with Gasteiger partial charge in [0, 0.05) is 31.7 Å². The van der Waals surface area contributed by atoms with Crippen LogP contribution in [0.3, 0.4) is 0 Å². The van der Waals surface area contributed by atoms with E-state index >= 15 is 0 Å². The van der Waals surface area contributed by atoms with Crippen molar-refractivity contribution in [2.45, 2.75) is 51.6 Å². The second kappa shape index (κ2) is 5.26. The Labute approximate surface area is 117 Å². The normalized spacial score (nSPS) is 23.1. The highest BCUT2D eigenvalue weighted by Crippen LogP contribution is 2.32. The van der Waals surface area contributed by atoms with Crippen LogP contribution in [0.5, 0.6) is 0 Å². The average Bonchev–Trinajstić information content (AvgIpc) is 2.82. The summed E-state index contributed by atoms with van der Waals surface area (Å²) in [6.45, 7) is 9.20. The Bertz CT molecular complexity index is 426. The van der Waals surface area contributed by atoms with E-state index in [0.717, 1.165) is 13.1 Å². The first-order chi connectivity index (χ1) is 9.19. The van der Waals surface area contributed by atoms with Crippen molar-refractivity contribution in [3.63, 3.8) is 0 Å². The fraction of sp³-hybridized carbons (Fsp3) is 0.647. The quantitative estimate of drug-likeness (QED) is 0.877. The van der Waals surface area contributed by atoms with Crippen molar-refractivity contribution in [1.29, 1.82) is 0 Å². The minimum Gasteiger partial charge on any atom is -0.309 e. The maximum absolute atomic E-state index is 3.80. The standard InChI is InChI=1S/C17H26N2/c1-14-6-5-7-15(2)16(14)12-19-11-10-18-17(13-19)8-3-4-9-17/h5-7,18H,3-4,8-13H2,1-2H3. The molecule has 1 saturated heterocycles. The van der Waals surface area contributed by atoms with Gasteiger partial charge in [0.05, 0.1) is 0 Å². The molecular weight excluding hydrogens is 232 g/mol. The van der Waals surface area contributed by atoms with Crippen molar-refractivity contribution in [2.24, 2.45) is 0 Å². The molecule has 0 radical (unpaired) electrons. The fourth-order valence-corrected chi connectivity index (χ4v) is 3.89. The van der Waals surface area contributed by atoms with Crippen LogP contribution in [0.1, 0.15) is 42.4 Å². The molecule has 1 saturated carbocycles. The molecule has 104 valence electrons. The molecule has 1 aromatic rings. The summed E-state index contributed by atoms with van der Waals surface area (Å²) in [5.41, 5.74) is 4.87.